The van der Waals surface area contributed by atoms with Crippen LogP contribution in [0, 0.1) is 18.3 Å². The number of hydrogen-bond acceptors (Lipinski definition) is 3. The molecule has 0 N–H and O–H groups in total. The smallest absolute Gasteiger partial charge is 0.243 e. The first-order valence-corrected chi connectivity index (χ1v) is 10.0. The molecular weight excluding hydrogens is 334 g/mol. The number of allylic oxidation sites excluding steroid dienone is 2. The normalized spacial score (nSPS) is 27.6. The van der Waals surface area contributed by atoms with Gasteiger partial charge in [-0.3, -0.25) is 4.79 Å². The minimum absolute atomic E-state index is 0.0644. The molecule has 0 bridgehead atoms. The molecular formula is C20H25NO3S. The number of nitrogens with zero attached hydrogens (tertiary/aromatic N) is 1. The van der Waals surface area contributed by atoms with E-state index in [0.717, 1.165) is 16.7 Å². The third-order valence-corrected chi connectivity index (χ3v) is 7.40. The van der Waals surface area contributed by atoms with E-state index < -0.39 is 10.0 Å². The number of ketones is 1. The van der Waals surface area contributed by atoms with Crippen LogP contribution in [0.3, 0.4) is 0 Å². The van der Waals surface area contributed by atoms with Crippen molar-refractivity contribution in [3.05, 3.63) is 53.6 Å². The maximum absolute atomic E-state index is 13.1. The highest BCUT2D eigenvalue weighted by Gasteiger charge is 2.49. The topological polar surface area (TPSA) is 54.5 Å². The largest absolute Gasteiger partial charge is 0.295 e. The minimum atomic E-state index is -3.54. The highest BCUT2D eigenvalue weighted by Crippen LogP contribution is 2.48. The molecule has 1 aliphatic carbocycles. The molecule has 0 saturated carbocycles. The van der Waals surface area contributed by atoms with Gasteiger partial charge in [0.15, 0.2) is 5.78 Å². The number of sulfonamides is 1. The molecule has 25 heavy (non-hydrogen) atoms. The second-order valence-corrected chi connectivity index (χ2v) is 9.58. The molecule has 1 aliphatic heterocycles. The van der Waals surface area contributed by atoms with Crippen molar-refractivity contribution < 1.29 is 13.2 Å². The zero-order chi connectivity index (χ0) is 18.4. The fourth-order valence-corrected chi connectivity index (χ4v) is 5.61. The number of fused-ring (bicyclic) bond motifs is 1. The predicted octanol–water partition coefficient (Wildman–Crippen LogP) is 3.49. The number of aryl methyl sites for hydroxylation is 1. The molecule has 0 spiro atoms. The van der Waals surface area contributed by atoms with Crippen LogP contribution in [0.4, 0.5) is 0 Å². The molecule has 1 aromatic carbocycles. The van der Waals surface area contributed by atoms with Crippen molar-refractivity contribution in [1.29, 1.82) is 0 Å². The Bertz CT molecular complexity index is 851. The molecule has 0 aromatic heterocycles. The first-order chi connectivity index (χ1) is 11.6. The summed E-state index contributed by atoms with van der Waals surface area (Å²) in [6, 6.07) is 6.96. The van der Waals surface area contributed by atoms with Crippen molar-refractivity contribution in [2.45, 2.75) is 38.5 Å². The van der Waals surface area contributed by atoms with Crippen LogP contribution in [0.2, 0.25) is 0 Å². The molecule has 1 aromatic rings. The van der Waals surface area contributed by atoms with Gasteiger partial charge in [0.2, 0.25) is 10.0 Å². The highest BCUT2D eigenvalue weighted by molar-refractivity contribution is 7.89. The van der Waals surface area contributed by atoms with Crippen LogP contribution in [0.25, 0.3) is 0 Å². The van der Waals surface area contributed by atoms with E-state index in [1.165, 1.54) is 0 Å². The standard InChI is InChI=1S/C20H25NO3S/c1-14-5-9-18(10-6-14)25(23,24)21-12-19-15(2)7-8-17(16(3)22)11-20(19,4)13-21/h5-6,8-10,19H,2,7,11-13H2,1,3-4H3. The average Bonchev–Trinajstić information content (AvgIpc) is 2.84. The second-order valence-electron chi connectivity index (χ2n) is 7.64. The van der Waals surface area contributed by atoms with Crippen molar-refractivity contribution >= 4 is 15.8 Å². The Labute approximate surface area is 150 Å². The number of carbonyl (C=O) groups is 1. The molecule has 0 amide bonds. The number of benzene rings is 1. The number of hydrogen-bond donors (Lipinski definition) is 0. The molecule has 134 valence electrons. The summed E-state index contributed by atoms with van der Waals surface area (Å²) in [6.45, 7) is 10.6. The van der Waals surface area contributed by atoms with Gasteiger partial charge in [-0.05, 0) is 49.8 Å². The number of rotatable bonds is 3. The summed E-state index contributed by atoms with van der Waals surface area (Å²) < 4.78 is 27.7. The summed E-state index contributed by atoms with van der Waals surface area (Å²) in [5, 5.41) is 0. The predicted molar refractivity (Wildman–Crippen MR) is 98.7 cm³/mol. The summed E-state index contributed by atoms with van der Waals surface area (Å²) in [5.41, 5.74) is 2.55. The van der Waals surface area contributed by atoms with Crippen molar-refractivity contribution in [3.63, 3.8) is 0 Å². The van der Waals surface area contributed by atoms with Gasteiger partial charge >= 0.3 is 0 Å². The van der Waals surface area contributed by atoms with E-state index in [0.29, 0.717) is 30.8 Å². The summed E-state index contributed by atoms with van der Waals surface area (Å²) in [7, 11) is -3.54. The Morgan fingerprint density at radius 1 is 1.28 bits per heavy atom. The zero-order valence-corrected chi connectivity index (χ0v) is 15.9. The minimum Gasteiger partial charge on any atom is -0.295 e. The summed E-state index contributed by atoms with van der Waals surface area (Å²) in [6.07, 6.45) is 3.21. The summed E-state index contributed by atoms with van der Waals surface area (Å²) >= 11 is 0. The average molecular weight is 359 g/mol. The summed E-state index contributed by atoms with van der Waals surface area (Å²) in [4.78, 5) is 12.2. The first kappa shape index (κ1) is 18.1. The van der Waals surface area contributed by atoms with Crippen LogP contribution in [0.1, 0.15) is 32.3 Å². The Hall–Kier alpha value is -1.72. The van der Waals surface area contributed by atoms with E-state index >= 15 is 0 Å². The lowest BCUT2D eigenvalue weighted by molar-refractivity contribution is -0.114. The van der Waals surface area contributed by atoms with E-state index in [9.17, 15) is 13.2 Å². The van der Waals surface area contributed by atoms with Crippen LogP contribution >= 0.6 is 0 Å². The van der Waals surface area contributed by atoms with Gasteiger partial charge in [0.05, 0.1) is 4.90 Å². The molecule has 5 heteroatoms. The molecule has 1 heterocycles. The number of Topliss-reactive ketones (excluding diaryl/α,β-unsaturated/α-hetero) is 1. The Morgan fingerprint density at radius 2 is 1.92 bits per heavy atom. The van der Waals surface area contributed by atoms with Gasteiger partial charge in [0.1, 0.15) is 0 Å². The van der Waals surface area contributed by atoms with Crippen LogP contribution in [0.5, 0.6) is 0 Å². The maximum Gasteiger partial charge on any atom is 0.243 e. The number of carbonyl (C=O) groups excluding carboxylic acids is 1. The lowest BCUT2D eigenvalue weighted by Crippen LogP contribution is -2.31. The lowest BCUT2D eigenvalue weighted by atomic mass is 9.73. The maximum atomic E-state index is 13.1. The Balaban J connectivity index is 1.93. The molecule has 1 fully saturated rings. The zero-order valence-electron chi connectivity index (χ0n) is 15.1. The van der Waals surface area contributed by atoms with E-state index in [2.05, 4.69) is 13.5 Å². The molecule has 1 saturated heterocycles. The third-order valence-electron chi connectivity index (χ3n) is 5.57. The molecule has 3 rings (SSSR count). The lowest BCUT2D eigenvalue weighted by Gasteiger charge is -2.30. The SMILES string of the molecule is C=C1CC=C(C(C)=O)CC2(C)CN(S(=O)(=O)c3ccc(C)cc3)CC12. The Kier molecular flexibility index (Phi) is 4.50. The van der Waals surface area contributed by atoms with Crippen LogP contribution in [0.15, 0.2) is 53.0 Å². The van der Waals surface area contributed by atoms with Gasteiger partial charge in [-0.25, -0.2) is 8.42 Å². The van der Waals surface area contributed by atoms with Gasteiger partial charge in [-0.2, -0.15) is 4.31 Å². The highest BCUT2D eigenvalue weighted by atomic mass is 32.2. The van der Waals surface area contributed by atoms with Gasteiger partial charge in [-0.15, -0.1) is 0 Å². The first-order valence-electron chi connectivity index (χ1n) is 8.58. The van der Waals surface area contributed by atoms with Crippen molar-refractivity contribution in [2.24, 2.45) is 11.3 Å². The van der Waals surface area contributed by atoms with Gasteiger partial charge in [0, 0.05) is 19.0 Å². The van der Waals surface area contributed by atoms with Gasteiger partial charge < -0.3 is 0 Å². The van der Waals surface area contributed by atoms with Crippen LogP contribution < -0.4 is 0 Å². The van der Waals surface area contributed by atoms with E-state index in [1.807, 2.05) is 25.1 Å². The molecule has 2 aliphatic rings. The van der Waals surface area contributed by atoms with Crippen molar-refractivity contribution in [1.82, 2.24) is 4.31 Å². The molecule has 0 radical (unpaired) electrons. The molecule has 2 atom stereocenters. The summed E-state index contributed by atoms with van der Waals surface area (Å²) in [5.74, 6) is 0.135. The fraction of sp³-hybridized carbons (Fsp3) is 0.450. The van der Waals surface area contributed by atoms with Crippen molar-refractivity contribution in [2.75, 3.05) is 13.1 Å². The van der Waals surface area contributed by atoms with Gasteiger partial charge in [0.25, 0.3) is 0 Å². The molecule has 2 unspecified atom stereocenters. The second kappa shape index (κ2) is 6.22. The Morgan fingerprint density at radius 3 is 2.52 bits per heavy atom. The van der Waals surface area contributed by atoms with Crippen molar-refractivity contribution in [3.8, 4) is 0 Å². The quantitative estimate of drug-likeness (QED) is 0.776. The fourth-order valence-electron chi connectivity index (χ4n) is 4.02. The van der Waals surface area contributed by atoms with Gasteiger partial charge in [-0.1, -0.05) is 42.8 Å². The van der Waals surface area contributed by atoms with Crippen LogP contribution in [-0.2, 0) is 14.8 Å². The van der Waals surface area contributed by atoms with E-state index in [1.54, 1.807) is 23.4 Å². The third kappa shape index (κ3) is 3.23. The van der Waals surface area contributed by atoms with Crippen LogP contribution in [-0.4, -0.2) is 31.6 Å². The molecule has 4 nitrogen and oxygen atoms in total. The monoisotopic (exact) mass is 359 g/mol. The van der Waals surface area contributed by atoms with E-state index in [-0.39, 0.29) is 17.1 Å². The van der Waals surface area contributed by atoms with E-state index in [4.69, 9.17) is 0 Å².